The monoisotopic (exact) mass is 728 g/mol. The number of benzene rings is 3. The molecule has 2 N–H and O–H groups in total. The summed E-state index contributed by atoms with van der Waals surface area (Å²) in [5.41, 5.74) is 11.9. The van der Waals surface area contributed by atoms with E-state index in [0.717, 1.165) is 46.8 Å². The summed E-state index contributed by atoms with van der Waals surface area (Å²) in [7, 11) is 3.84. The third-order valence-electron chi connectivity index (χ3n) is 16.9. The van der Waals surface area contributed by atoms with Gasteiger partial charge >= 0.3 is 0 Å². The van der Waals surface area contributed by atoms with Crippen LogP contribution in [0.2, 0.25) is 0 Å². The molecule has 10 fully saturated rings. The first-order valence-electron chi connectivity index (χ1n) is 21.7. The minimum Gasteiger partial charge on any atom is -0.316 e. The van der Waals surface area contributed by atoms with Gasteiger partial charge in [-0.25, -0.2) is 0 Å². The molecule has 274 valence electrons. The van der Waals surface area contributed by atoms with Crippen LogP contribution < -0.4 is 10.6 Å². The zero-order valence-electron chi connectivity index (χ0n) is 31.5. The molecule has 8 bridgehead atoms. The van der Waals surface area contributed by atoms with Crippen molar-refractivity contribution in [2.24, 2.45) is 46.3 Å². The topological polar surface area (TPSA) is 24.1 Å². The van der Waals surface area contributed by atoms with E-state index >= 15 is 0 Å². The van der Waals surface area contributed by atoms with Crippen LogP contribution in [-0.4, -0.2) is 37.5 Å². The summed E-state index contributed by atoms with van der Waals surface area (Å²) >= 11 is 0. The highest BCUT2D eigenvalue weighted by Crippen LogP contribution is 2.79. The van der Waals surface area contributed by atoms with Crippen LogP contribution in [-0.2, 0) is 11.3 Å². The van der Waals surface area contributed by atoms with E-state index in [1.165, 1.54) is 144 Å². The van der Waals surface area contributed by atoms with Gasteiger partial charge in [-0.3, -0.25) is 0 Å². The average Bonchev–Trinajstić information content (AvgIpc) is 3.89. The van der Waals surface area contributed by atoms with Crippen LogP contribution in [0, 0.1) is 46.3 Å². The molecule has 13 rings (SSSR count). The van der Waals surface area contributed by atoms with Gasteiger partial charge in [-0.15, -0.1) is 9.24 Å². The predicted molar refractivity (Wildman–Crippen MR) is 223 cm³/mol. The summed E-state index contributed by atoms with van der Waals surface area (Å²) in [5, 5.41) is 7.83. The number of rotatable bonds is 9. The molecule has 3 atom stereocenters. The standard InChI is InChI=1S/C48H62N2P2/c51-48(46-23-32-15-33(24-46)17-34(16-32)25-46,47-26-35-18-36(27-47)20-37(19-35)28-47)45-22-44(39-9-5-2-6-10-39)43(38-7-3-1-4-8-38)21-40(45)31-52(41-11-13-49-29-41)42-12-14-50-30-42/h1-10,21-22,32-37,41-42,49-50H,11-20,23-31,51H2. The molecule has 4 heteroatoms. The number of hydrogen-bond acceptors (Lipinski definition) is 2. The molecule has 52 heavy (non-hydrogen) atoms. The van der Waals surface area contributed by atoms with Crippen molar-refractivity contribution >= 4 is 17.2 Å². The Morgan fingerprint density at radius 1 is 0.577 bits per heavy atom. The maximum Gasteiger partial charge on any atom is 0.0213 e. The Labute approximate surface area is 317 Å². The molecule has 0 spiro atoms. The molecule has 2 heterocycles. The minimum absolute atomic E-state index is 0.142. The number of hydrogen-bond donors (Lipinski definition) is 2. The first-order valence-corrected chi connectivity index (χ1v) is 24.0. The molecule has 0 aromatic heterocycles. The molecule has 2 nitrogen and oxygen atoms in total. The number of nitrogens with one attached hydrogen (secondary N) is 2. The molecule has 8 aliphatic carbocycles. The minimum atomic E-state index is -0.148. The van der Waals surface area contributed by atoms with Crippen molar-refractivity contribution in [1.82, 2.24) is 10.6 Å². The van der Waals surface area contributed by atoms with Gasteiger partial charge in [0.05, 0.1) is 0 Å². The van der Waals surface area contributed by atoms with Gasteiger partial charge in [-0.1, -0.05) is 68.6 Å². The Balaban J connectivity index is 1.17. The summed E-state index contributed by atoms with van der Waals surface area (Å²) in [6, 6.07) is 28.8. The van der Waals surface area contributed by atoms with E-state index in [4.69, 9.17) is 0 Å². The van der Waals surface area contributed by atoms with Crippen molar-refractivity contribution in [1.29, 1.82) is 0 Å². The second-order valence-electron chi connectivity index (χ2n) is 20.0. The van der Waals surface area contributed by atoms with Gasteiger partial charge in [-0.2, -0.15) is 0 Å². The predicted octanol–water partition coefficient (Wildman–Crippen LogP) is 11.2. The highest BCUT2D eigenvalue weighted by molar-refractivity contribution is 7.58. The van der Waals surface area contributed by atoms with Crippen molar-refractivity contribution in [2.75, 3.05) is 26.2 Å². The highest BCUT2D eigenvalue weighted by atomic mass is 31.1. The van der Waals surface area contributed by atoms with E-state index in [-0.39, 0.29) is 13.1 Å². The van der Waals surface area contributed by atoms with Crippen molar-refractivity contribution in [3.63, 3.8) is 0 Å². The molecule has 2 saturated heterocycles. The first-order chi connectivity index (χ1) is 25.5. The summed E-state index contributed by atoms with van der Waals surface area (Å²) in [6.45, 7) is 4.90. The summed E-state index contributed by atoms with van der Waals surface area (Å²) in [5.74, 6) is 5.79. The lowest BCUT2D eigenvalue weighted by atomic mass is 9.37. The van der Waals surface area contributed by atoms with Crippen LogP contribution in [0.3, 0.4) is 0 Å². The van der Waals surface area contributed by atoms with Crippen molar-refractivity contribution < 1.29 is 0 Å². The van der Waals surface area contributed by atoms with Gasteiger partial charge in [0, 0.05) is 18.2 Å². The first kappa shape index (κ1) is 33.8. The van der Waals surface area contributed by atoms with Crippen molar-refractivity contribution in [2.45, 2.75) is 113 Å². The molecular formula is C48H62N2P2. The van der Waals surface area contributed by atoms with Gasteiger partial charge in [0.1, 0.15) is 0 Å². The van der Waals surface area contributed by atoms with Crippen molar-refractivity contribution in [3.05, 3.63) is 83.9 Å². The van der Waals surface area contributed by atoms with Crippen LogP contribution in [0.25, 0.3) is 22.3 Å². The zero-order valence-corrected chi connectivity index (χ0v) is 33.6. The van der Waals surface area contributed by atoms with Gasteiger partial charge in [-0.05, 0) is 212 Å². The Morgan fingerprint density at radius 2 is 0.981 bits per heavy atom. The third-order valence-corrected chi connectivity index (χ3v) is 21.9. The Morgan fingerprint density at radius 3 is 1.37 bits per heavy atom. The molecule has 3 aromatic carbocycles. The maximum atomic E-state index is 3.99. The highest BCUT2D eigenvalue weighted by Gasteiger charge is 2.69. The lowest BCUT2D eigenvalue weighted by Crippen LogP contribution is -2.64. The molecule has 2 aliphatic heterocycles. The molecule has 3 unspecified atom stereocenters. The van der Waals surface area contributed by atoms with Crippen LogP contribution in [0.1, 0.15) is 101 Å². The van der Waals surface area contributed by atoms with E-state index in [1.54, 1.807) is 5.56 Å². The van der Waals surface area contributed by atoms with Gasteiger partial charge < -0.3 is 10.6 Å². The van der Waals surface area contributed by atoms with Gasteiger partial charge in [0.25, 0.3) is 0 Å². The van der Waals surface area contributed by atoms with E-state index < -0.39 is 0 Å². The largest absolute Gasteiger partial charge is 0.316 e. The second-order valence-corrected chi connectivity index (χ2v) is 23.6. The fraction of sp³-hybridized carbons (Fsp3) is 0.625. The molecule has 0 amide bonds. The normalized spacial score (nSPS) is 40.3. The third kappa shape index (κ3) is 5.37. The Kier molecular flexibility index (Phi) is 8.44. The van der Waals surface area contributed by atoms with Crippen LogP contribution >= 0.6 is 17.2 Å². The molecule has 10 aliphatic rings. The van der Waals surface area contributed by atoms with Gasteiger partial charge in [0.2, 0.25) is 0 Å². The quantitative estimate of drug-likeness (QED) is 0.214. The van der Waals surface area contributed by atoms with Crippen LogP contribution in [0.15, 0.2) is 72.8 Å². The summed E-state index contributed by atoms with van der Waals surface area (Å²) in [6.07, 6.45) is 22.3. The van der Waals surface area contributed by atoms with E-state index in [1.807, 2.05) is 5.56 Å². The van der Waals surface area contributed by atoms with Crippen LogP contribution in [0.4, 0.5) is 0 Å². The van der Waals surface area contributed by atoms with E-state index in [2.05, 4.69) is 92.7 Å². The van der Waals surface area contributed by atoms with E-state index in [9.17, 15) is 0 Å². The van der Waals surface area contributed by atoms with E-state index in [0.29, 0.717) is 10.8 Å². The SMILES string of the molecule is PC(c1cc(-c2ccccc2)c(-c2ccccc2)cc1CP(C1CCNC1)C1CCNC1)(C12CC3CC(CC(C3)C1)C2)C12CC3CC(CC(C3)C1)C2. The molecule has 8 saturated carbocycles. The lowest BCUT2D eigenvalue weighted by molar-refractivity contribution is -0.158. The summed E-state index contributed by atoms with van der Waals surface area (Å²) < 4.78 is 0. The van der Waals surface area contributed by atoms with Crippen LogP contribution in [0.5, 0.6) is 0 Å². The molecule has 0 radical (unpaired) electrons. The smallest absolute Gasteiger partial charge is 0.0213 e. The molecule has 3 aromatic rings. The van der Waals surface area contributed by atoms with Gasteiger partial charge in [0.15, 0.2) is 0 Å². The lowest BCUT2D eigenvalue weighted by Gasteiger charge is -2.72. The fourth-order valence-corrected chi connectivity index (χ4v) is 20.2. The zero-order chi connectivity index (χ0) is 34.5. The molecular weight excluding hydrogens is 666 g/mol. The summed E-state index contributed by atoms with van der Waals surface area (Å²) in [4.78, 5) is 0. The Hall–Kier alpha value is -1.56. The Bertz CT molecular complexity index is 1640. The second kappa shape index (κ2) is 13.0. The van der Waals surface area contributed by atoms with Crippen molar-refractivity contribution in [3.8, 4) is 22.3 Å². The average molecular weight is 729 g/mol. The maximum absolute atomic E-state index is 3.99. The fourth-order valence-electron chi connectivity index (χ4n) is 15.8.